The summed E-state index contributed by atoms with van der Waals surface area (Å²) in [6, 6.07) is 5.54. The van der Waals surface area contributed by atoms with Gasteiger partial charge in [-0.05, 0) is 43.4 Å². The predicted molar refractivity (Wildman–Crippen MR) is 85.6 cm³/mol. The molecule has 2 aliphatic rings. The van der Waals surface area contributed by atoms with E-state index in [1.54, 1.807) is 6.33 Å². The Morgan fingerprint density at radius 1 is 1.38 bits per heavy atom. The molecule has 2 heterocycles. The lowest BCUT2D eigenvalue weighted by atomic mass is 10.1. The van der Waals surface area contributed by atoms with E-state index in [1.165, 1.54) is 0 Å². The molecule has 0 bridgehead atoms. The molecule has 0 saturated heterocycles. The minimum Gasteiger partial charge on any atom is -0.454 e. The summed E-state index contributed by atoms with van der Waals surface area (Å²) in [4.78, 5) is 16.9. The number of rotatable bonds is 6. The van der Waals surface area contributed by atoms with Gasteiger partial charge in [0.2, 0.25) is 12.7 Å². The second kappa shape index (κ2) is 6.14. The topological polar surface area (TPSA) is 78.3 Å². The van der Waals surface area contributed by atoms with E-state index in [2.05, 4.69) is 15.4 Å². The number of fused-ring (bicyclic) bond motifs is 1. The summed E-state index contributed by atoms with van der Waals surface area (Å²) >= 11 is 0. The van der Waals surface area contributed by atoms with Crippen LogP contribution in [0.25, 0.3) is 0 Å². The second-order valence-corrected chi connectivity index (χ2v) is 6.18. The van der Waals surface area contributed by atoms with Gasteiger partial charge >= 0.3 is 0 Å². The highest BCUT2D eigenvalue weighted by Crippen LogP contribution is 2.40. The van der Waals surface area contributed by atoms with Gasteiger partial charge in [-0.25, -0.2) is 9.67 Å². The number of aryl methyl sites for hydroxylation is 1. The smallest absolute Gasteiger partial charge is 0.231 e. The first kappa shape index (κ1) is 15.0. The molecule has 1 fully saturated rings. The lowest BCUT2D eigenvalue weighted by Gasteiger charge is -2.18. The van der Waals surface area contributed by atoms with Crippen molar-refractivity contribution in [1.82, 2.24) is 20.1 Å². The Balaban J connectivity index is 1.46. The maximum atomic E-state index is 12.5. The summed E-state index contributed by atoms with van der Waals surface area (Å²) in [7, 11) is 0. The number of hydrogen-bond acceptors (Lipinski definition) is 5. The van der Waals surface area contributed by atoms with Gasteiger partial charge < -0.3 is 14.8 Å². The van der Waals surface area contributed by atoms with Gasteiger partial charge in [-0.2, -0.15) is 5.10 Å². The van der Waals surface area contributed by atoms with Crippen molar-refractivity contribution in [2.45, 2.75) is 38.8 Å². The van der Waals surface area contributed by atoms with Gasteiger partial charge in [0.1, 0.15) is 12.2 Å². The van der Waals surface area contributed by atoms with Crippen LogP contribution in [0.1, 0.15) is 37.2 Å². The standard InChI is InChI=1S/C17H20N4O3/c1-2-21-17(18-9-19-21)16(12-4-5-12)20-15(22)8-11-3-6-13-14(7-11)24-10-23-13/h3,6-7,9,12,16H,2,4-5,8,10H2,1H3,(H,20,22). The zero-order chi connectivity index (χ0) is 16.5. The van der Waals surface area contributed by atoms with Crippen LogP contribution in [0, 0.1) is 5.92 Å². The summed E-state index contributed by atoms with van der Waals surface area (Å²) < 4.78 is 12.5. The van der Waals surface area contributed by atoms with E-state index in [0.29, 0.717) is 18.1 Å². The first-order valence-electron chi connectivity index (χ1n) is 8.30. The molecule has 126 valence electrons. The van der Waals surface area contributed by atoms with Crippen LogP contribution in [0.4, 0.5) is 0 Å². The van der Waals surface area contributed by atoms with Gasteiger partial charge in [-0.15, -0.1) is 0 Å². The molecule has 1 aliphatic carbocycles. The monoisotopic (exact) mass is 328 g/mol. The Morgan fingerprint density at radius 2 is 2.21 bits per heavy atom. The number of hydrogen-bond donors (Lipinski definition) is 1. The molecule has 0 spiro atoms. The fraction of sp³-hybridized carbons (Fsp3) is 0.471. The predicted octanol–water partition coefficient (Wildman–Crippen LogP) is 1.84. The molecule has 1 amide bonds. The maximum absolute atomic E-state index is 12.5. The van der Waals surface area contributed by atoms with Gasteiger partial charge in [-0.1, -0.05) is 6.07 Å². The Bertz CT molecular complexity index is 754. The fourth-order valence-electron chi connectivity index (χ4n) is 3.04. The molecule has 24 heavy (non-hydrogen) atoms. The molecule has 1 aliphatic heterocycles. The number of aromatic nitrogens is 3. The molecular formula is C17H20N4O3. The normalized spacial score (nSPS) is 16.9. The highest BCUT2D eigenvalue weighted by Gasteiger charge is 2.36. The summed E-state index contributed by atoms with van der Waals surface area (Å²) in [5.41, 5.74) is 0.906. The molecule has 1 aromatic carbocycles. The van der Waals surface area contributed by atoms with Crippen LogP contribution in [0.5, 0.6) is 11.5 Å². The zero-order valence-electron chi connectivity index (χ0n) is 13.6. The van der Waals surface area contributed by atoms with Gasteiger partial charge in [0.05, 0.1) is 12.5 Å². The SMILES string of the molecule is CCn1ncnc1C(NC(=O)Cc1ccc2c(c1)OCO2)C1CC1. The van der Waals surface area contributed by atoms with Crippen LogP contribution in [0.2, 0.25) is 0 Å². The molecule has 0 radical (unpaired) electrons. The van der Waals surface area contributed by atoms with E-state index < -0.39 is 0 Å². The summed E-state index contributed by atoms with van der Waals surface area (Å²) in [6.07, 6.45) is 4.09. The molecule has 1 unspecified atom stereocenters. The minimum absolute atomic E-state index is 0.0172. The van der Waals surface area contributed by atoms with Crippen molar-refractivity contribution in [3.8, 4) is 11.5 Å². The largest absolute Gasteiger partial charge is 0.454 e. The molecule has 2 aromatic rings. The number of benzene rings is 1. The number of carbonyl (C=O) groups excluding carboxylic acids is 1. The third-order valence-corrected chi connectivity index (χ3v) is 4.43. The van der Waals surface area contributed by atoms with Crippen LogP contribution in [-0.2, 0) is 17.8 Å². The number of nitrogens with one attached hydrogen (secondary N) is 1. The Labute approximate surface area is 140 Å². The van der Waals surface area contributed by atoms with Crippen molar-refractivity contribution in [3.63, 3.8) is 0 Å². The number of nitrogens with zero attached hydrogens (tertiary/aromatic N) is 3. The third-order valence-electron chi connectivity index (χ3n) is 4.43. The zero-order valence-corrected chi connectivity index (χ0v) is 13.6. The molecular weight excluding hydrogens is 308 g/mol. The van der Waals surface area contributed by atoms with Crippen molar-refractivity contribution in [3.05, 3.63) is 35.9 Å². The molecule has 1 atom stereocenters. The van der Waals surface area contributed by atoms with Crippen molar-refractivity contribution < 1.29 is 14.3 Å². The Morgan fingerprint density at radius 3 is 3.00 bits per heavy atom. The highest BCUT2D eigenvalue weighted by atomic mass is 16.7. The number of amides is 1. The van der Waals surface area contributed by atoms with Crippen molar-refractivity contribution in [1.29, 1.82) is 0 Å². The average Bonchev–Trinajstić information content (AvgIpc) is 3.13. The van der Waals surface area contributed by atoms with E-state index in [4.69, 9.17) is 9.47 Å². The van der Waals surface area contributed by atoms with Crippen molar-refractivity contribution >= 4 is 5.91 Å². The molecule has 1 aromatic heterocycles. The van der Waals surface area contributed by atoms with Gasteiger partial charge in [0, 0.05) is 6.54 Å². The summed E-state index contributed by atoms with van der Waals surface area (Å²) in [5, 5.41) is 7.36. The summed E-state index contributed by atoms with van der Waals surface area (Å²) in [5.74, 6) is 2.71. The molecule has 1 N–H and O–H groups in total. The lowest BCUT2D eigenvalue weighted by Crippen LogP contribution is -2.33. The highest BCUT2D eigenvalue weighted by molar-refractivity contribution is 5.79. The van der Waals surface area contributed by atoms with Crippen molar-refractivity contribution in [2.24, 2.45) is 5.92 Å². The van der Waals surface area contributed by atoms with E-state index in [0.717, 1.165) is 36.5 Å². The maximum Gasteiger partial charge on any atom is 0.231 e. The van der Waals surface area contributed by atoms with Crippen LogP contribution in [0.15, 0.2) is 24.5 Å². The van der Waals surface area contributed by atoms with Gasteiger partial charge in [0.15, 0.2) is 11.5 Å². The van der Waals surface area contributed by atoms with Crippen molar-refractivity contribution in [2.75, 3.05) is 6.79 Å². The van der Waals surface area contributed by atoms with Crippen LogP contribution in [-0.4, -0.2) is 27.5 Å². The Kier molecular flexibility index (Phi) is 3.84. The molecule has 7 heteroatoms. The van der Waals surface area contributed by atoms with E-state index >= 15 is 0 Å². The van der Waals surface area contributed by atoms with E-state index in [9.17, 15) is 4.79 Å². The van der Waals surface area contributed by atoms with Crippen LogP contribution < -0.4 is 14.8 Å². The number of ether oxygens (including phenoxy) is 2. The fourth-order valence-corrected chi connectivity index (χ4v) is 3.04. The first-order chi connectivity index (χ1) is 11.7. The minimum atomic E-state index is -0.0611. The lowest BCUT2D eigenvalue weighted by molar-refractivity contribution is -0.121. The Hall–Kier alpha value is -2.57. The molecule has 7 nitrogen and oxygen atoms in total. The van der Waals surface area contributed by atoms with Crippen LogP contribution in [0.3, 0.4) is 0 Å². The summed E-state index contributed by atoms with van der Waals surface area (Å²) in [6.45, 7) is 3.01. The first-order valence-corrected chi connectivity index (χ1v) is 8.30. The third kappa shape index (κ3) is 2.93. The number of carbonyl (C=O) groups is 1. The molecule has 4 rings (SSSR count). The van der Waals surface area contributed by atoms with E-state index in [-0.39, 0.29) is 18.7 Å². The quantitative estimate of drug-likeness (QED) is 0.875. The average molecular weight is 328 g/mol. The molecule has 1 saturated carbocycles. The van der Waals surface area contributed by atoms with Gasteiger partial charge in [0.25, 0.3) is 0 Å². The van der Waals surface area contributed by atoms with Gasteiger partial charge in [-0.3, -0.25) is 4.79 Å². The van der Waals surface area contributed by atoms with Crippen LogP contribution >= 0.6 is 0 Å². The second-order valence-electron chi connectivity index (χ2n) is 6.18. The van der Waals surface area contributed by atoms with E-state index in [1.807, 2.05) is 29.8 Å².